The van der Waals surface area contributed by atoms with Gasteiger partial charge in [0.1, 0.15) is 29.1 Å². The van der Waals surface area contributed by atoms with Crippen molar-refractivity contribution in [3.8, 4) is 17.2 Å². The lowest BCUT2D eigenvalue weighted by atomic mass is 10.0. The Kier molecular flexibility index (Phi) is 2.33. The van der Waals surface area contributed by atoms with Crippen LogP contribution >= 0.6 is 0 Å². The third kappa shape index (κ3) is 1.50. The fourth-order valence-corrected chi connectivity index (χ4v) is 1.48. The molecule has 0 saturated carbocycles. The lowest BCUT2D eigenvalue weighted by Crippen LogP contribution is -1.90. The van der Waals surface area contributed by atoms with Crippen molar-refractivity contribution in [3.63, 3.8) is 0 Å². The molecule has 0 saturated heterocycles. The quantitative estimate of drug-likeness (QED) is 0.773. The summed E-state index contributed by atoms with van der Waals surface area (Å²) in [7, 11) is 0. The molecular formula is C11H7F2N3. The normalized spacial score (nSPS) is 10.1. The molecular weight excluding hydrogens is 212 g/mol. The third-order valence-corrected chi connectivity index (χ3v) is 2.24. The Labute approximate surface area is 90.1 Å². The van der Waals surface area contributed by atoms with E-state index in [1.165, 1.54) is 6.20 Å². The van der Waals surface area contributed by atoms with E-state index in [4.69, 9.17) is 11.0 Å². The van der Waals surface area contributed by atoms with Gasteiger partial charge in [-0.05, 0) is 18.2 Å². The summed E-state index contributed by atoms with van der Waals surface area (Å²) in [6.07, 6.45) is 1.38. The Morgan fingerprint density at radius 3 is 2.69 bits per heavy atom. The highest BCUT2D eigenvalue weighted by Crippen LogP contribution is 2.29. The molecule has 3 N–H and O–H groups in total. The van der Waals surface area contributed by atoms with Crippen LogP contribution in [0.5, 0.6) is 0 Å². The van der Waals surface area contributed by atoms with Gasteiger partial charge in [-0.25, -0.2) is 8.78 Å². The molecule has 0 aliphatic carbocycles. The van der Waals surface area contributed by atoms with E-state index >= 15 is 0 Å². The second kappa shape index (κ2) is 3.66. The largest absolute Gasteiger partial charge is 0.384 e. The molecule has 0 aliphatic rings. The monoisotopic (exact) mass is 219 g/mol. The Balaban J connectivity index is 2.68. The number of halogens is 2. The van der Waals surface area contributed by atoms with Gasteiger partial charge in [0, 0.05) is 17.3 Å². The van der Waals surface area contributed by atoms with Gasteiger partial charge >= 0.3 is 0 Å². The van der Waals surface area contributed by atoms with Crippen molar-refractivity contribution in [2.24, 2.45) is 0 Å². The minimum absolute atomic E-state index is 0.0181. The average molecular weight is 219 g/mol. The Morgan fingerprint density at radius 1 is 1.25 bits per heavy atom. The molecule has 1 heterocycles. The first-order valence-electron chi connectivity index (χ1n) is 4.46. The Hall–Kier alpha value is -2.35. The molecule has 0 spiro atoms. The maximum atomic E-state index is 13.5. The predicted octanol–water partition coefficient (Wildman–Crippen LogP) is 2.41. The molecule has 0 aliphatic heterocycles. The lowest BCUT2D eigenvalue weighted by Gasteiger charge is -2.01. The van der Waals surface area contributed by atoms with E-state index in [0.29, 0.717) is 0 Å². The van der Waals surface area contributed by atoms with E-state index in [2.05, 4.69) is 4.98 Å². The van der Waals surface area contributed by atoms with Crippen LogP contribution in [0.25, 0.3) is 11.1 Å². The molecule has 80 valence electrons. The minimum atomic E-state index is -0.600. The van der Waals surface area contributed by atoms with Gasteiger partial charge in [0.15, 0.2) is 0 Å². The summed E-state index contributed by atoms with van der Waals surface area (Å²) >= 11 is 0. The molecule has 0 bridgehead atoms. The van der Waals surface area contributed by atoms with E-state index in [0.717, 1.165) is 18.2 Å². The first kappa shape index (κ1) is 10.2. The first-order chi connectivity index (χ1) is 7.63. The van der Waals surface area contributed by atoms with Crippen LogP contribution in [0.3, 0.4) is 0 Å². The molecule has 2 rings (SSSR count). The molecule has 2 aromatic rings. The van der Waals surface area contributed by atoms with Crippen molar-refractivity contribution >= 4 is 5.82 Å². The maximum Gasteiger partial charge on any atom is 0.131 e. The van der Waals surface area contributed by atoms with Gasteiger partial charge in [0.25, 0.3) is 0 Å². The number of benzene rings is 1. The molecule has 16 heavy (non-hydrogen) atoms. The summed E-state index contributed by atoms with van der Waals surface area (Å²) in [5.41, 5.74) is 5.88. The molecule has 0 radical (unpaired) electrons. The van der Waals surface area contributed by atoms with E-state index in [-0.39, 0.29) is 22.5 Å². The van der Waals surface area contributed by atoms with Crippen LogP contribution in [0.4, 0.5) is 14.6 Å². The van der Waals surface area contributed by atoms with Gasteiger partial charge in [0.05, 0.1) is 0 Å². The molecule has 0 amide bonds. The summed E-state index contributed by atoms with van der Waals surface area (Å²) in [4.78, 5) is 2.60. The number of hydrogen-bond acceptors (Lipinski definition) is 2. The lowest BCUT2D eigenvalue weighted by molar-refractivity contribution is 0.603. The number of H-pyrrole nitrogens is 1. The van der Waals surface area contributed by atoms with Gasteiger partial charge in [-0.2, -0.15) is 5.26 Å². The van der Waals surface area contributed by atoms with Crippen molar-refractivity contribution in [1.29, 1.82) is 5.26 Å². The molecule has 0 unspecified atom stereocenters. The number of hydrogen-bond donors (Lipinski definition) is 2. The fourth-order valence-electron chi connectivity index (χ4n) is 1.48. The number of aromatic nitrogens is 1. The highest BCUT2D eigenvalue weighted by Gasteiger charge is 2.14. The van der Waals surface area contributed by atoms with Crippen LogP contribution in [-0.2, 0) is 0 Å². The number of aromatic amines is 1. The van der Waals surface area contributed by atoms with Crippen molar-refractivity contribution in [1.82, 2.24) is 4.98 Å². The van der Waals surface area contributed by atoms with Gasteiger partial charge in [-0.15, -0.1) is 0 Å². The van der Waals surface area contributed by atoms with Gasteiger partial charge in [-0.3, -0.25) is 0 Å². The zero-order chi connectivity index (χ0) is 11.7. The summed E-state index contributed by atoms with van der Waals surface area (Å²) < 4.78 is 26.4. The van der Waals surface area contributed by atoms with Crippen LogP contribution in [-0.4, -0.2) is 4.98 Å². The summed E-state index contributed by atoms with van der Waals surface area (Å²) in [6, 6.07) is 4.89. The SMILES string of the molecule is N#Cc1c(-c2cc(F)ccc2F)c[nH]c1N. The minimum Gasteiger partial charge on any atom is -0.384 e. The summed E-state index contributed by atoms with van der Waals surface area (Å²) in [5.74, 6) is -1.03. The molecule has 0 fully saturated rings. The third-order valence-electron chi connectivity index (χ3n) is 2.24. The second-order valence-electron chi connectivity index (χ2n) is 3.23. The first-order valence-corrected chi connectivity index (χ1v) is 4.46. The molecule has 3 nitrogen and oxygen atoms in total. The van der Waals surface area contributed by atoms with E-state index in [9.17, 15) is 8.78 Å². The molecule has 1 aromatic heterocycles. The highest BCUT2D eigenvalue weighted by molar-refractivity contribution is 5.76. The smallest absolute Gasteiger partial charge is 0.131 e. The van der Waals surface area contributed by atoms with Crippen molar-refractivity contribution in [3.05, 3.63) is 41.6 Å². The number of rotatable bonds is 1. The van der Waals surface area contributed by atoms with Crippen molar-refractivity contribution < 1.29 is 8.78 Å². The number of nitrogens with one attached hydrogen (secondary N) is 1. The Morgan fingerprint density at radius 2 is 2.00 bits per heavy atom. The van der Waals surface area contributed by atoms with Crippen LogP contribution < -0.4 is 5.73 Å². The number of nitrogen functional groups attached to an aromatic ring is 1. The summed E-state index contributed by atoms with van der Waals surface area (Å²) in [6.45, 7) is 0. The maximum absolute atomic E-state index is 13.5. The standard InChI is InChI=1S/C11H7F2N3/c12-6-1-2-10(13)7(3-6)9-5-16-11(15)8(9)4-14/h1-3,5,16H,15H2. The van der Waals surface area contributed by atoms with Crippen molar-refractivity contribution in [2.75, 3.05) is 5.73 Å². The van der Waals surface area contributed by atoms with Crippen LogP contribution in [0.15, 0.2) is 24.4 Å². The van der Waals surface area contributed by atoms with Crippen molar-refractivity contribution in [2.45, 2.75) is 0 Å². The van der Waals surface area contributed by atoms with Gasteiger partial charge in [0.2, 0.25) is 0 Å². The van der Waals surface area contributed by atoms with Crippen LogP contribution in [0, 0.1) is 23.0 Å². The number of nitrogens with zero attached hydrogens (tertiary/aromatic N) is 1. The highest BCUT2D eigenvalue weighted by atomic mass is 19.1. The number of nitrogens with two attached hydrogens (primary N) is 1. The zero-order valence-electron chi connectivity index (χ0n) is 8.09. The van der Waals surface area contributed by atoms with Crippen LogP contribution in [0.1, 0.15) is 5.56 Å². The van der Waals surface area contributed by atoms with Crippen LogP contribution in [0.2, 0.25) is 0 Å². The second-order valence-corrected chi connectivity index (χ2v) is 3.23. The van der Waals surface area contributed by atoms with E-state index in [1.807, 2.05) is 6.07 Å². The molecule has 1 aromatic carbocycles. The topological polar surface area (TPSA) is 65.6 Å². The summed E-state index contributed by atoms with van der Waals surface area (Å²) in [5, 5.41) is 8.84. The molecule has 0 atom stereocenters. The zero-order valence-corrected chi connectivity index (χ0v) is 8.09. The number of nitriles is 1. The predicted molar refractivity (Wildman–Crippen MR) is 55.3 cm³/mol. The van der Waals surface area contributed by atoms with Gasteiger partial charge in [-0.1, -0.05) is 0 Å². The van der Waals surface area contributed by atoms with Gasteiger partial charge < -0.3 is 10.7 Å². The van der Waals surface area contributed by atoms with E-state index in [1.54, 1.807) is 0 Å². The number of anilines is 1. The van der Waals surface area contributed by atoms with E-state index < -0.39 is 11.6 Å². The molecule has 5 heteroatoms. The fraction of sp³-hybridized carbons (Fsp3) is 0. The Bertz CT molecular complexity index is 581. The average Bonchev–Trinajstić information content (AvgIpc) is 2.63.